The molecule has 1 N–H and O–H groups in total. The summed E-state index contributed by atoms with van der Waals surface area (Å²) in [6, 6.07) is 7.62. The quantitative estimate of drug-likeness (QED) is 0.612. The van der Waals surface area contributed by atoms with Crippen LogP contribution in [0, 0.1) is 17.0 Å². The van der Waals surface area contributed by atoms with Gasteiger partial charge in [0.2, 0.25) is 0 Å². The summed E-state index contributed by atoms with van der Waals surface area (Å²) < 4.78 is 11.0. The minimum absolute atomic E-state index is 0.0544. The van der Waals surface area contributed by atoms with Gasteiger partial charge in [0, 0.05) is 22.9 Å². The standard InChI is InChI=1S/C16H15BrN2O5/c1-9-4-5-11(8-13(9)19(21)22)18-16(20)10-6-12(17)15(24-3)14(7-10)23-2/h4-8H,1-3H3,(H,18,20). The Hall–Kier alpha value is -2.61. The first-order valence-electron chi connectivity index (χ1n) is 6.85. The first-order valence-corrected chi connectivity index (χ1v) is 7.64. The Morgan fingerprint density at radius 3 is 2.50 bits per heavy atom. The van der Waals surface area contributed by atoms with Crippen molar-refractivity contribution in [3.63, 3.8) is 0 Å². The van der Waals surface area contributed by atoms with Gasteiger partial charge in [-0.3, -0.25) is 14.9 Å². The number of nitrogens with one attached hydrogen (secondary N) is 1. The van der Waals surface area contributed by atoms with Crippen molar-refractivity contribution in [1.82, 2.24) is 0 Å². The Balaban J connectivity index is 2.32. The summed E-state index contributed by atoms with van der Waals surface area (Å²) in [6.45, 7) is 1.63. The van der Waals surface area contributed by atoms with E-state index in [0.717, 1.165) is 0 Å². The van der Waals surface area contributed by atoms with Crippen molar-refractivity contribution in [3.05, 3.63) is 56.0 Å². The molecule has 0 aromatic heterocycles. The van der Waals surface area contributed by atoms with Crippen LogP contribution in [0.25, 0.3) is 0 Å². The van der Waals surface area contributed by atoms with E-state index in [1.807, 2.05) is 0 Å². The monoisotopic (exact) mass is 394 g/mol. The van der Waals surface area contributed by atoms with Crippen molar-refractivity contribution < 1.29 is 19.2 Å². The number of amides is 1. The van der Waals surface area contributed by atoms with E-state index in [1.165, 1.54) is 26.4 Å². The topological polar surface area (TPSA) is 90.7 Å². The van der Waals surface area contributed by atoms with E-state index < -0.39 is 10.8 Å². The Morgan fingerprint density at radius 2 is 1.92 bits per heavy atom. The molecule has 0 heterocycles. The number of carbonyl (C=O) groups excluding carboxylic acids is 1. The molecule has 0 atom stereocenters. The van der Waals surface area contributed by atoms with Crippen LogP contribution in [-0.4, -0.2) is 25.1 Å². The van der Waals surface area contributed by atoms with Crippen molar-refractivity contribution in [2.75, 3.05) is 19.5 Å². The van der Waals surface area contributed by atoms with Crippen molar-refractivity contribution in [2.45, 2.75) is 6.92 Å². The fraction of sp³-hybridized carbons (Fsp3) is 0.188. The lowest BCUT2D eigenvalue weighted by atomic mass is 10.1. The SMILES string of the molecule is COc1cc(C(=O)Nc2ccc(C)c([N+](=O)[O-])c2)cc(Br)c1OC. The number of halogens is 1. The Kier molecular flexibility index (Phi) is 5.40. The molecule has 0 fully saturated rings. The molecule has 0 radical (unpaired) electrons. The van der Waals surface area contributed by atoms with Crippen LogP contribution in [0.1, 0.15) is 15.9 Å². The number of nitro benzene ring substituents is 1. The summed E-state index contributed by atoms with van der Waals surface area (Å²) in [4.78, 5) is 22.9. The number of rotatable bonds is 5. The Morgan fingerprint density at radius 1 is 1.21 bits per heavy atom. The maximum atomic E-state index is 12.4. The van der Waals surface area contributed by atoms with Gasteiger partial charge in [0.25, 0.3) is 11.6 Å². The van der Waals surface area contributed by atoms with Gasteiger partial charge in [-0.1, -0.05) is 6.07 Å². The number of hydrogen-bond donors (Lipinski definition) is 1. The molecule has 8 heteroatoms. The van der Waals surface area contributed by atoms with E-state index >= 15 is 0 Å². The second-order valence-electron chi connectivity index (χ2n) is 4.91. The molecule has 1 amide bonds. The molecule has 0 bridgehead atoms. The summed E-state index contributed by atoms with van der Waals surface area (Å²) >= 11 is 3.32. The molecule has 2 rings (SSSR count). The van der Waals surface area contributed by atoms with Crippen LogP contribution in [-0.2, 0) is 0 Å². The normalized spacial score (nSPS) is 10.2. The van der Waals surface area contributed by atoms with Crippen molar-refractivity contribution in [2.24, 2.45) is 0 Å². The number of carbonyl (C=O) groups is 1. The van der Waals surface area contributed by atoms with Gasteiger partial charge in [0.05, 0.1) is 23.6 Å². The number of methoxy groups -OCH3 is 2. The molecule has 0 aliphatic carbocycles. The number of aryl methyl sites for hydroxylation is 1. The first kappa shape index (κ1) is 17.7. The third-order valence-corrected chi connectivity index (χ3v) is 3.95. The molecule has 126 valence electrons. The average Bonchev–Trinajstić information content (AvgIpc) is 2.55. The average molecular weight is 395 g/mol. The highest BCUT2D eigenvalue weighted by molar-refractivity contribution is 9.10. The molecule has 0 aliphatic heterocycles. The Labute approximate surface area is 146 Å². The zero-order chi connectivity index (χ0) is 17.9. The van der Waals surface area contributed by atoms with Gasteiger partial charge in [-0.25, -0.2) is 0 Å². The highest BCUT2D eigenvalue weighted by Gasteiger charge is 2.17. The summed E-state index contributed by atoms with van der Waals surface area (Å²) in [5.41, 5.74) is 1.12. The third kappa shape index (κ3) is 3.65. The molecular formula is C16H15BrN2O5. The summed E-state index contributed by atoms with van der Waals surface area (Å²) in [7, 11) is 2.96. The summed E-state index contributed by atoms with van der Waals surface area (Å²) in [6.07, 6.45) is 0. The van der Waals surface area contributed by atoms with E-state index in [9.17, 15) is 14.9 Å². The third-order valence-electron chi connectivity index (χ3n) is 3.36. The molecule has 0 aliphatic rings. The smallest absolute Gasteiger partial charge is 0.274 e. The number of nitro groups is 1. The number of benzene rings is 2. The molecule has 2 aromatic carbocycles. The Bertz CT molecular complexity index is 807. The second-order valence-corrected chi connectivity index (χ2v) is 5.76. The van der Waals surface area contributed by atoms with Crippen LogP contribution in [0.15, 0.2) is 34.8 Å². The highest BCUT2D eigenvalue weighted by atomic mass is 79.9. The second kappa shape index (κ2) is 7.31. The molecular weight excluding hydrogens is 380 g/mol. The highest BCUT2D eigenvalue weighted by Crippen LogP contribution is 2.36. The van der Waals surface area contributed by atoms with Crippen LogP contribution < -0.4 is 14.8 Å². The van der Waals surface area contributed by atoms with Crippen LogP contribution in [0.2, 0.25) is 0 Å². The molecule has 0 saturated heterocycles. The molecule has 24 heavy (non-hydrogen) atoms. The van der Waals surface area contributed by atoms with Crippen LogP contribution >= 0.6 is 15.9 Å². The van der Waals surface area contributed by atoms with Gasteiger partial charge in [-0.15, -0.1) is 0 Å². The first-order chi connectivity index (χ1) is 11.4. The van der Waals surface area contributed by atoms with Gasteiger partial charge in [-0.2, -0.15) is 0 Å². The zero-order valence-electron chi connectivity index (χ0n) is 13.3. The molecule has 7 nitrogen and oxygen atoms in total. The summed E-state index contributed by atoms with van der Waals surface area (Å²) in [5.74, 6) is 0.446. The van der Waals surface area contributed by atoms with Crippen molar-refractivity contribution in [3.8, 4) is 11.5 Å². The summed E-state index contributed by atoms with van der Waals surface area (Å²) in [5, 5.41) is 13.6. The lowest BCUT2D eigenvalue weighted by molar-refractivity contribution is -0.385. The van der Waals surface area contributed by atoms with Gasteiger partial charge in [0.1, 0.15) is 0 Å². The van der Waals surface area contributed by atoms with Crippen LogP contribution in [0.5, 0.6) is 11.5 Å². The lowest BCUT2D eigenvalue weighted by Gasteiger charge is -2.12. The lowest BCUT2D eigenvalue weighted by Crippen LogP contribution is -2.12. The van der Waals surface area contributed by atoms with E-state index in [4.69, 9.17) is 9.47 Å². The molecule has 0 spiro atoms. The van der Waals surface area contributed by atoms with Gasteiger partial charge in [-0.05, 0) is 41.1 Å². The van der Waals surface area contributed by atoms with Crippen LogP contribution in [0.4, 0.5) is 11.4 Å². The van der Waals surface area contributed by atoms with Crippen LogP contribution in [0.3, 0.4) is 0 Å². The predicted molar refractivity (Wildman–Crippen MR) is 93.0 cm³/mol. The zero-order valence-corrected chi connectivity index (χ0v) is 14.8. The predicted octanol–water partition coefficient (Wildman–Crippen LogP) is 3.94. The van der Waals surface area contributed by atoms with Crippen molar-refractivity contribution >= 4 is 33.2 Å². The van der Waals surface area contributed by atoms with Gasteiger partial charge in [0.15, 0.2) is 11.5 Å². The molecule has 0 saturated carbocycles. The van der Waals surface area contributed by atoms with Gasteiger partial charge < -0.3 is 14.8 Å². The van der Waals surface area contributed by atoms with E-state index in [1.54, 1.807) is 25.1 Å². The number of anilines is 1. The van der Waals surface area contributed by atoms with E-state index in [-0.39, 0.29) is 5.69 Å². The van der Waals surface area contributed by atoms with Crippen molar-refractivity contribution in [1.29, 1.82) is 0 Å². The minimum Gasteiger partial charge on any atom is -0.493 e. The fourth-order valence-corrected chi connectivity index (χ4v) is 2.74. The number of hydrogen-bond acceptors (Lipinski definition) is 5. The van der Waals surface area contributed by atoms with E-state index in [2.05, 4.69) is 21.2 Å². The maximum absolute atomic E-state index is 12.4. The van der Waals surface area contributed by atoms with E-state index in [0.29, 0.717) is 32.8 Å². The van der Waals surface area contributed by atoms with Gasteiger partial charge >= 0.3 is 0 Å². The molecule has 2 aromatic rings. The minimum atomic E-state index is -0.488. The molecule has 0 unspecified atom stereocenters. The largest absolute Gasteiger partial charge is 0.493 e. The number of ether oxygens (including phenoxy) is 2. The fourth-order valence-electron chi connectivity index (χ4n) is 2.14. The number of nitrogens with zero attached hydrogens (tertiary/aromatic N) is 1. The maximum Gasteiger partial charge on any atom is 0.274 e.